The molecule has 4 aliphatic rings. The molecule has 1 spiro atoms. The lowest BCUT2D eigenvalue weighted by Gasteiger charge is -2.54. The smallest absolute Gasteiger partial charge is 0.408 e. The second-order valence-electron chi connectivity index (χ2n) is 11.3. The zero-order valence-electron chi connectivity index (χ0n) is 19.4. The number of fused-ring (bicyclic) bond motifs is 1. The SMILES string of the molecule is CC(C)(C)OC(=O)NC12CC1(C=O)C2.CN1CCC2(CC1)CN(Cc1ccccc1)C2. The number of rotatable bonds is 4. The lowest BCUT2D eigenvalue weighted by Crippen LogP contribution is -2.59. The van der Waals surface area contributed by atoms with E-state index < -0.39 is 11.7 Å². The number of likely N-dealkylation sites (tertiary alicyclic amines) is 2. The van der Waals surface area contributed by atoms with Gasteiger partial charge in [0, 0.05) is 19.6 Å². The molecular weight excluding hydrogens is 390 g/mol. The molecule has 2 aliphatic carbocycles. The second-order valence-corrected chi connectivity index (χ2v) is 11.3. The fourth-order valence-corrected chi connectivity index (χ4v) is 5.11. The molecule has 170 valence electrons. The van der Waals surface area contributed by atoms with Gasteiger partial charge in [0.25, 0.3) is 0 Å². The molecule has 2 saturated carbocycles. The van der Waals surface area contributed by atoms with E-state index in [1.165, 1.54) is 44.6 Å². The molecule has 0 atom stereocenters. The number of hydrogen-bond donors (Lipinski definition) is 1. The van der Waals surface area contributed by atoms with Crippen molar-refractivity contribution >= 4 is 12.4 Å². The van der Waals surface area contributed by atoms with Gasteiger partial charge in [-0.1, -0.05) is 30.3 Å². The summed E-state index contributed by atoms with van der Waals surface area (Å²) >= 11 is 0. The molecule has 5 rings (SSSR count). The van der Waals surface area contributed by atoms with Gasteiger partial charge in [-0.2, -0.15) is 0 Å². The lowest BCUT2D eigenvalue weighted by atomic mass is 9.72. The van der Waals surface area contributed by atoms with Crippen LogP contribution in [0.3, 0.4) is 0 Å². The summed E-state index contributed by atoms with van der Waals surface area (Å²) in [5, 5.41) is 2.76. The van der Waals surface area contributed by atoms with Crippen molar-refractivity contribution < 1.29 is 14.3 Å². The first kappa shape index (κ1) is 22.3. The lowest BCUT2D eigenvalue weighted by molar-refractivity contribution is -0.110. The van der Waals surface area contributed by atoms with Crippen molar-refractivity contribution in [2.45, 2.75) is 64.1 Å². The van der Waals surface area contributed by atoms with Gasteiger partial charge in [0.2, 0.25) is 0 Å². The van der Waals surface area contributed by atoms with Crippen LogP contribution >= 0.6 is 0 Å². The fourth-order valence-electron chi connectivity index (χ4n) is 5.11. The summed E-state index contributed by atoms with van der Waals surface area (Å²) in [4.78, 5) is 27.0. The fraction of sp³-hybridized carbons (Fsp3) is 0.680. The van der Waals surface area contributed by atoms with Crippen LogP contribution < -0.4 is 5.32 Å². The van der Waals surface area contributed by atoms with E-state index in [-0.39, 0.29) is 11.0 Å². The number of benzene rings is 1. The Hall–Kier alpha value is -1.92. The van der Waals surface area contributed by atoms with Gasteiger partial charge >= 0.3 is 6.09 Å². The third-order valence-electron chi connectivity index (χ3n) is 7.32. The standard InChI is InChI=1S/C15H22N2.C10H15NO3/c1-16-9-7-15(8-10-16)12-17(13-15)11-14-5-3-2-4-6-14;1-8(2,3)14-7(13)11-10-4-9(10,5-10)6-12/h2-6H,7-13H2,1H3;6H,4-5H2,1-3H3,(H,11,13). The molecule has 1 N–H and O–H groups in total. The Labute approximate surface area is 186 Å². The summed E-state index contributed by atoms with van der Waals surface area (Å²) in [5.74, 6) is 0. The van der Waals surface area contributed by atoms with Gasteiger partial charge < -0.3 is 19.7 Å². The molecule has 0 aromatic heterocycles. The van der Waals surface area contributed by atoms with Crippen molar-refractivity contribution in [3.63, 3.8) is 0 Å². The minimum atomic E-state index is -0.478. The maximum atomic E-state index is 11.3. The van der Waals surface area contributed by atoms with E-state index in [1.807, 2.05) is 20.8 Å². The van der Waals surface area contributed by atoms with Crippen LogP contribution in [0.5, 0.6) is 0 Å². The van der Waals surface area contributed by atoms with Gasteiger partial charge in [-0.3, -0.25) is 4.90 Å². The molecule has 6 heteroatoms. The third kappa shape index (κ3) is 4.96. The van der Waals surface area contributed by atoms with Crippen LogP contribution in [-0.2, 0) is 16.1 Å². The summed E-state index contributed by atoms with van der Waals surface area (Å²) in [5.41, 5.74) is 1.17. The molecule has 0 unspecified atom stereocenters. The number of nitrogens with one attached hydrogen (secondary N) is 1. The van der Waals surface area contributed by atoms with Gasteiger partial charge in [0.1, 0.15) is 11.9 Å². The predicted octanol–water partition coefficient (Wildman–Crippen LogP) is 3.46. The number of aldehydes is 1. The van der Waals surface area contributed by atoms with Crippen molar-refractivity contribution in [2.24, 2.45) is 10.8 Å². The number of amides is 1. The van der Waals surface area contributed by atoms with Gasteiger partial charge in [-0.15, -0.1) is 0 Å². The van der Waals surface area contributed by atoms with Crippen LogP contribution in [0, 0.1) is 10.8 Å². The van der Waals surface area contributed by atoms with Crippen molar-refractivity contribution in [3.05, 3.63) is 35.9 Å². The number of carbonyl (C=O) groups excluding carboxylic acids is 2. The molecule has 4 fully saturated rings. The van der Waals surface area contributed by atoms with E-state index in [1.54, 1.807) is 0 Å². The summed E-state index contributed by atoms with van der Waals surface area (Å²) in [7, 11) is 2.24. The largest absolute Gasteiger partial charge is 0.444 e. The maximum Gasteiger partial charge on any atom is 0.408 e. The minimum Gasteiger partial charge on any atom is -0.444 e. The summed E-state index contributed by atoms with van der Waals surface area (Å²) in [6, 6.07) is 10.8. The zero-order valence-corrected chi connectivity index (χ0v) is 19.4. The summed E-state index contributed by atoms with van der Waals surface area (Å²) in [6.07, 6.45) is 4.89. The molecule has 2 heterocycles. The minimum absolute atomic E-state index is 0.232. The van der Waals surface area contributed by atoms with Gasteiger partial charge in [-0.05, 0) is 77.6 Å². The van der Waals surface area contributed by atoms with Crippen LogP contribution in [0.1, 0.15) is 52.0 Å². The molecule has 1 amide bonds. The van der Waals surface area contributed by atoms with Crippen molar-refractivity contribution in [2.75, 3.05) is 33.2 Å². The number of carbonyl (C=O) groups is 2. The van der Waals surface area contributed by atoms with Crippen LogP contribution in [0.15, 0.2) is 30.3 Å². The molecule has 0 radical (unpaired) electrons. The average Bonchev–Trinajstić information content (AvgIpc) is 3.48. The average molecular weight is 428 g/mol. The topological polar surface area (TPSA) is 61.9 Å². The monoisotopic (exact) mass is 427 g/mol. The van der Waals surface area contributed by atoms with Gasteiger partial charge in [0.05, 0.1) is 11.0 Å². The number of nitrogens with zero attached hydrogens (tertiary/aromatic N) is 2. The second kappa shape index (κ2) is 7.89. The Morgan fingerprint density at radius 1 is 1.13 bits per heavy atom. The van der Waals surface area contributed by atoms with Crippen molar-refractivity contribution in [1.29, 1.82) is 0 Å². The van der Waals surface area contributed by atoms with E-state index in [0.29, 0.717) is 5.41 Å². The van der Waals surface area contributed by atoms with Crippen LogP contribution in [-0.4, -0.2) is 66.5 Å². The first-order valence-corrected chi connectivity index (χ1v) is 11.5. The first-order chi connectivity index (χ1) is 14.6. The van der Waals surface area contributed by atoms with E-state index >= 15 is 0 Å². The Bertz CT molecular complexity index is 795. The maximum absolute atomic E-state index is 11.3. The Morgan fingerprint density at radius 2 is 1.74 bits per heavy atom. The highest BCUT2D eigenvalue weighted by Crippen LogP contribution is 2.77. The van der Waals surface area contributed by atoms with E-state index in [4.69, 9.17) is 4.74 Å². The molecular formula is C25H37N3O3. The highest BCUT2D eigenvalue weighted by atomic mass is 16.6. The normalized spacial score (nSPS) is 30.8. The molecule has 31 heavy (non-hydrogen) atoms. The number of hydrogen-bond acceptors (Lipinski definition) is 5. The van der Waals surface area contributed by atoms with E-state index in [0.717, 1.165) is 25.7 Å². The van der Waals surface area contributed by atoms with Crippen molar-refractivity contribution in [1.82, 2.24) is 15.1 Å². The number of ether oxygens (including phenoxy) is 1. The molecule has 1 aromatic carbocycles. The van der Waals surface area contributed by atoms with E-state index in [2.05, 4.69) is 52.5 Å². The summed E-state index contributed by atoms with van der Waals surface area (Å²) < 4.78 is 5.10. The van der Waals surface area contributed by atoms with E-state index in [9.17, 15) is 9.59 Å². The first-order valence-electron chi connectivity index (χ1n) is 11.5. The predicted molar refractivity (Wildman–Crippen MR) is 121 cm³/mol. The van der Waals surface area contributed by atoms with Crippen LogP contribution in [0.4, 0.5) is 4.79 Å². The van der Waals surface area contributed by atoms with Gasteiger partial charge in [-0.25, -0.2) is 4.79 Å². The number of piperidine rings is 1. The third-order valence-corrected chi connectivity index (χ3v) is 7.32. The van der Waals surface area contributed by atoms with Crippen LogP contribution in [0.2, 0.25) is 0 Å². The van der Waals surface area contributed by atoms with Gasteiger partial charge in [0.15, 0.2) is 0 Å². The summed E-state index contributed by atoms with van der Waals surface area (Å²) in [6.45, 7) is 11.8. The number of alkyl carbamates (subject to hydrolysis) is 1. The molecule has 1 aromatic rings. The zero-order chi connectivity index (χ0) is 22.3. The molecule has 2 saturated heterocycles. The Kier molecular flexibility index (Phi) is 5.67. The quantitative estimate of drug-likeness (QED) is 0.746. The molecule has 6 nitrogen and oxygen atoms in total. The molecule has 2 aliphatic heterocycles. The van der Waals surface area contributed by atoms with Crippen molar-refractivity contribution in [3.8, 4) is 0 Å². The van der Waals surface area contributed by atoms with Crippen LogP contribution in [0.25, 0.3) is 0 Å². The highest BCUT2D eigenvalue weighted by Gasteiger charge is 2.85. The highest BCUT2D eigenvalue weighted by molar-refractivity contribution is 5.82. The Balaban J connectivity index is 0.000000152. The molecule has 0 bridgehead atoms. The Morgan fingerprint density at radius 3 is 2.26 bits per heavy atom.